The Balaban J connectivity index is 0.00000100. The molecule has 24 heavy (non-hydrogen) atoms. The van der Waals surface area contributed by atoms with Crippen LogP contribution in [-0.4, -0.2) is 12.1 Å². The number of esters is 1. The van der Waals surface area contributed by atoms with Crippen molar-refractivity contribution < 1.29 is 9.53 Å². The van der Waals surface area contributed by atoms with Gasteiger partial charge in [-0.25, -0.2) is 4.79 Å². The molecule has 5 atom stereocenters. The Morgan fingerprint density at radius 3 is 2.25 bits per heavy atom. The second kappa shape index (κ2) is 7.22. The van der Waals surface area contributed by atoms with Gasteiger partial charge in [0.1, 0.15) is 6.10 Å². The predicted octanol–water partition coefficient (Wildman–Crippen LogP) is 6.15. The molecule has 0 heterocycles. The van der Waals surface area contributed by atoms with Crippen LogP contribution in [0.2, 0.25) is 0 Å². The first-order valence-electron chi connectivity index (χ1n) is 10.2. The summed E-state index contributed by atoms with van der Waals surface area (Å²) in [5, 5.41) is 0. The lowest BCUT2D eigenvalue weighted by Gasteiger charge is -2.67. The van der Waals surface area contributed by atoms with E-state index in [9.17, 15) is 4.79 Å². The molecule has 0 aromatic heterocycles. The summed E-state index contributed by atoms with van der Waals surface area (Å²) in [5.41, 5.74) is 1.11. The zero-order valence-electron chi connectivity index (χ0n) is 16.8. The van der Waals surface area contributed by atoms with Crippen molar-refractivity contribution in [2.45, 2.75) is 92.6 Å². The van der Waals surface area contributed by atoms with E-state index in [-0.39, 0.29) is 17.5 Å². The van der Waals surface area contributed by atoms with E-state index in [4.69, 9.17) is 4.74 Å². The number of carbonyl (C=O) groups is 1. The minimum Gasteiger partial charge on any atom is -0.458 e. The lowest BCUT2D eigenvalue weighted by Crippen LogP contribution is -2.64. The number of carbonyl (C=O) groups excluding carboxylic acids is 1. The average Bonchev–Trinajstić information content (AvgIpc) is 2.57. The Labute approximate surface area is 149 Å². The topological polar surface area (TPSA) is 26.3 Å². The summed E-state index contributed by atoms with van der Waals surface area (Å²) >= 11 is 0. The Hall–Kier alpha value is -0.790. The fourth-order valence-electron chi connectivity index (χ4n) is 6.22. The zero-order chi connectivity index (χ0) is 18.1. The first kappa shape index (κ1) is 19.5. The van der Waals surface area contributed by atoms with Gasteiger partial charge in [-0.05, 0) is 62.2 Å². The number of hydrogen-bond acceptors (Lipinski definition) is 2. The van der Waals surface area contributed by atoms with E-state index in [0.29, 0.717) is 16.9 Å². The maximum atomic E-state index is 12.2. The molecule has 0 amide bonds. The fourth-order valence-corrected chi connectivity index (χ4v) is 6.22. The van der Waals surface area contributed by atoms with E-state index >= 15 is 0 Å². The third-order valence-electron chi connectivity index (χ3n) is 7.40. The first-order valence-corrected chi connectivity index (χ1v) is 10.2. The smallest absolute Gasteiger partial charge is 0.333 e. The Kier molecular flexibility index (Phi) is 5.87. The van der Waals surface area contributed by atoms with Gasteiger partial charge in [-0.3, -0.25) is 0 Å². The number of ether oxygens (including phenoxy) is 1. The monoisotopic (exact) mass is 334 g/mol. The average molecular weight is 335 g/mol. The van der Waals surface area contributed by atoms with Gasteiger partial charge in [0.05, 0.1) is 0 Å². The van der Waals surface area contributed by atoms with Gasteiger partial charge in [-0.2, -0.15) is 0 Å². The van der Waals surface area contributed by atoms with Crippen LogP contribution in [0.3, 0.4) is 0 Å². The molecule has 4 aliphatic carbocycles. The SMILES string of the molecule is C=C(C)C(=O)OC1CC2(C)CCC1(C(C)C)C1CCCCC12.CC. The van der Waals surface area contributed by atoms with Crippen molar-refractivity contribution in [1.82, 2.24) is 0 Å². The number of rotatable bonds is 3. The summed E-state index contributed by atoms with van der Waals surface area (Å²) in [6.45, 7) is 16.7. The van der Waals surface area contributed by atoms with Crippen LogP contribution >= 0.6 is 0 Å². The molecule has 5 unspecified atom stereocenters. The highest BCUT2D eigenvalue weighted by Crippen LogP contribution is 2.68. The molecule has 0 N–H and O–H groups in total. The van der Waals surface area contributed by atoms with Gasteiger partial charge in [0.25, 0.3) is 0 Å². The molecule has 4 saturated carbocycles. The first-order chi connectivity index (χ1) is 11.3. The van der Waals surface area contributed by atoms with Gasteiger partial charge in [-0.1, -0.05) is 54.0 Å². The molecule has 0 aromatic rings. The van der Waals surface area contributed by atoms with Gasteiger partial charge in [0, 0.05) is 11.0 Å². The van der Waals surface area contributed by atoms with E-state index in [0.717, 1.165) is 18.3 Å². The number of hydrogen-bond donors (Lipinski definition) is 0. The van der Waals surface area contributed by atoms with Crippen molar-refractivity contribution in [3.05, 3.63) is 12.2 Å². The van der Waals surface area contributed by atoms with Crippen LogP contribution < -0.4 is 0 Å². The number of fused-ring (bicyclic) bond motifs is 2. The van der Waals surface area contributed by atoms with Crippen LogP contribution in [0.15, 0.2) is 12.2 Å². The highest BCUT2D eigenvalue weighted by atomic mass is 16.5. The van der Waals surface area contributed by atoms with Crippen LogP contribution in [0.4, 0.5) is 0 Å². The highest BCUT2D eigenvalue weighted by Gasteiger charge is 2.64. The lowest BCUT2D eigenvalue weighted by atomic mass is 9.39. The third kappa shape index (κ3) is 2.95. The van der Waals surface area contributed by atoms with Crippen LogP contribution in [0.25, 0.3) is 0 Å². The van der Waals surface area contributed by atoms with Gasteiger partial charge in [-0.15, -0.1) is 0 Å². The van der Waals surface area contributed by atoms with Gasteiger partial charge in [0.15, 0.2) is 0 Å². The van der Waals surface area contributed by atoms with Crippen LogP contribution in [0.1, 0.15) is 86.5 Å². The van der Waals surface area contributed by atoms with E-state index in [1.807, 2.05) is 13.8 Å². The maximum absolute atomic E-state index is 12.2. The lowest BCUT2D eigenvalue weighted by molar-refractivity contribution is -0.228. The molecule has 0 radical (unpaired) electrons. The Morgan fingerprint density at radius 1 is 1.12 bits per heavy atom. The second-order valence-corrected chi connectivity index (χ2v) is 8.80. The summed E-state index contributed by atoms with van der Waals surface area (Å²) in [7, 11) is 0. The van der Waals surface area contributed by atoms with E-state index in [1.54, 1.807) is 6.92 Å². The van der Waals surface area contributed by atoms with Crippen molar-refractivity contribution in [2.24, 2.45) is 28.6 Å². The third-order valence-corrected chi connectivity index (χ3v) is 7.40. The molecule has 4 fully saturated rings. The largest absolute Gasteiger partial charge is 0.458 e. The van der Waals surface area contributed by atoms with E-state index < -0.39 is 0 Å². The zero-order valence-corrected chi connectivity index (χ0v) is 16.8. The molecule has 4 aliphatic rings. The summed E-state index contributed by atoms with van der Waals surface area (Å²) in [5.74, 6) is 1.98. The Morgan fingerprint density at radius 2 is 1.71 bits per heavy atom. The normalized spacial score (nSPS) is 40.4. The van der Waals surface area contributed by atoms with Gasteiger partial charge in [0.2, 0.25) is 0 Å². The molecule has 2 nitrogen and oxygen atoms in total. The molecular formula is C22H38O2. The maximum Gasteiger partial charge on any atom is 0.333 e. The summed E-state index contributed by atoms with van der Waals surface area (Å²) in [6, 6.07) is 0. The molecule has 4 rings (SSSR count). The quantitative estimate of drug-likeness (QED) is 0.457. The predicted molar refractivity (Wildman–Crippen MR) is 101 cm³/mol. The van der Waals surface area contributed by atoms with E-state index in [1.165, 1.54) is 38.5 Å². The van der Waals surface area contributed by atoms with Crippen molar-refractivity contribution in [1.29, 1.82) is 0 Å². The molecule has 0 spiro atoms. The fraction of sp³-hybridized carbons (Fsp3) is 0.864. The molecule has 138 valence electrons. The minimum absolute atomic E-state index is 0.0924. The molecule has 2 heteroatoms. The summed E-state index contributed by atoms with van der Waals surface area (Å²) in [4.78, 5) is 12.2. The summed E-state index contributed by atoms with van der Waals surface area (Å²) < 4.78 is 6.03. The van der Waals surface area contributed by atoms with Crippen molar-refractivity contribution >= 4 is 5.97 Å². The van der Waals surface area contributed by atoms with Crippen LogP contribution in [-0.2, 0) is 9.53 Å². The van der Waals surface area contributed by atoms with Gasteiger partial charge < -0.3 is 4.74 Å². The summed E-state index contributed by atoms with van der Waals surface area (Å²) in [6.07, 6.45) is 9.16. The highest BCUT2D eigenvalue weighted by molar-refractivity contribution is 5.87. The minimum atomic E-state index is -0.187. The molecule has 0 aromatic carbocycles. The molecule has 0 aliphatic heterocycles. The van der Waals surface area contributed by atoms with Crippen LogP contribution in [0.5, 0.6) is 0 Å². The van der Waals surface area contributed by atoms with Crippen molar-refractivity contribution in [2.75, 3.05) is 0 Å². The second-order valence-electron chi connectivity index (χ2n) is 8.80. The van der Waals surface area contributed by atoms with E-state index in [2.05, 4.69) is 27.4 Å². The van der Waals surface area contributed by atoms with Crippen LogP contribution in [0, 0.1) is 28.6 Å². The van der Waals surface area contributed by atoms with Crippen molar-refractivity contribution in [3.8, 4) is 0 Å². The Bertz CT molecular complexity index is 480. The van der Waals surface area contributed by atoms with Crippen molar-refractivity contribution in [3.63, 3.8) is 0 Å². The standard InChI is InChI=1S/C20H32O2.C2H6/c1-13(2)18(21)22-17-12-19(5)10-11-20(17,14(3)4)16-9-7-6-8-15(16)19;1-2/h14-17H,1,6-12H2,2-5H3;1-2H3. The molecular weight excluding hydrogens is 296 g/mol. The molecule has 0 saturated heterocycles. The van der Waals surface area contributed by atoms with Gasteiger partial charge >= 0.3 is 5.97 Å². The molecule has 2 bridgehead atoms.